The number of thiophene rings is 1. The number of esters is 1. The van der Waals surface area contributed by atoms with Gasteiger partial charge in [0, 0.05) is 18.0 Å². The number of hydrogen-bond donors (Lipinski definition) is 1. The zero-order valence-electron chi connectivity index (χ0n) is 16.9. The van der Waals surface area contributed by atoms with Crippen LogP contribution in [0.1, 0.15) is 29.3 Å². The summed E-state index contributed by atoms with van der Waals surface area (Å²) in [4.78, 5) is 42.9. The van der Waals surface area contributed by atoms with Gasteiger partial charge >= 0.3 is 5.97 Å². The monoisotopic (exact) mass is 431 g/mol. The van der Waals surface area contributed by atoms with Gasteiger partial charge in [-0.1, -0.05) is 12.1 Å². The van der Waals surface area contributed by atoms with Crippen LogP contribution in [0.4, 0.5) is 4.39 Å². The molecule has 2 aromatic heterocycles. The number of ether oxygens (including phenoxy) is 1. The van der Waals surface area contributed by atoms with E-state index >= 15 is 0 Å². The standard InChI is InChI=1S/C21H22FN3O4S/c1-12-14(3)30-20-18(12)21(28)25(11-24-20)9-8-17(26)29-13(2)19(27)23-10-15-4-6-16(22)7-5-15/h4-7,11,13H,8-10H2,1-3H3,(H,23,27). The van der Waals surface area contributed by atoms with Gasteiger partial charge in [0.1, 0.15) is 10.6 Å². The Labute approximate surface area is 176 Å². The maximum atomic E-state index is 12.9. The van der Waals surface area contributed by atoms with Gasteiger partial charge in [-0.3, -0.25) is 19.0 Å². The van der Waals surface area contributed by atoms with Gasteiger partial charge in [0.2, 0.25) is 0 Å². The number of halogens is 1. The van der Waals surface area contributed by atoms with Gasteiger partial charge in [0.15, 0.2) is 6.10 Å². The molecule has 30 heavy (non-hydrogen) atoms. The van der Waals surface area contributed by atoms with Gasteiger partial charge in [-0.2, -0.15) is 0 Å². The Morgan fingerprint density at radius 1 is 1.27 bits per heavy atom. The van der Waals surface area contributed by atoms with Crippen molar-refractivity contribution in [2.24, 2.45) is 0 Å². The molecular weight excluding hydrogens is 409 g/mol. The van der Waals surface area contributed by atoms with Crippen LogP contribution in [0, 0.1) is 19.7 Å². The molecule has 0 bridgehead atoms. The number of hydrogen-bond acceptors (Lipinski definition) is 6. The van der Waals surface area contributed by atoms with Crippen LogP contribution in [-0.4, -0.2) is 27.5 Å². The number of carbonyl (C=O) groups is 2. The average Bonchev–Trinajstić information content (AvgIpc) is 3.01. The lowest BCUT2D eigenvalue weighted by Crippen LogP contribution is -2.35. The van der Waals surface area contributed by atoms with Crippen LogP contribution in [0.2, 0.25) is 0 Å². The number of nitrogens with zero attached hydrogens (tertiary/aromatic N) is 2. The van der Waals surface area contributed by atoms with Crippen molar-refractivity contribution in [3.8, 4) is 0 Å². The van der Waals surface area contributed by atoms with Crippen molar-refractivity contribution in [2.75, 3.05) is 0 Å². The Morgan fingerprint density at radius 3 is 2.67 bits per heavy atom. The molecule has 0 radical (unpaired) electrons. The van der Waals surface area contributed by atoms with Crippen LogP contribution in [-0.2, 0) is 27.4 Å². The first-order valence-corrected chi connectivity index (χ1v) is 10.2. The molecule has 1 amide bonds. The summed E-state index contributed by atoms with van der Waals surface area (Å²) in [5, 5.41) is 3.20. The number of benzene rings is 1. The lowest BCUT2D eigenvalue weighted by atomic mass is 10.2. The highest BCUT2D eigenvalue weighted by molar-refractivity contribution is 7.18. The third-order valence-corrected chi connectivity index (χ3v) is 5.89. The fourth-order valence-electron chi connectivity index (χ4n) is 2.89. The maximum absolute atomic E-state index is 12.9. The normalized spacial score (nSPS) is 12.0. The highest BCUT2D eigenvalue weighted by atomic mass is 32.1. The van der Waals surface area contributed by atoms with E-state index in [0.29, 0.717) is 10.2 Å². The minimum absolute atomic E-state index is 0.0646. The molecule has 7 nitrogen and oxygen atoms in total. The van der Waals surface area contributed by atoms with Crippen molar-refractivity contribution >= 4 is 33.4 Å². The van der Waals surface area contributed by atoms with Gasteiger partial charge in [-0.15, -0.1) is 11.3 Å². The molecule has 2 heterocycles. The van der Waals surface area contributed by atoms with E-state index in [2.05, 4.69) is 10.3 Å². The molecule has 0 saturated heterocycles. The largest absolute Gasteiger partial charge is 0.452 e. The van der Waals surface area contributed by atoms with E-state index in [9.17, 15) is 18.8 Å². The highest BCUT2D eigenvalue weighted by Gasteiger charge is 2.18. The number of amides is 1. The summed E-state index contributed by atoms with van der Waals surface area (Å²) in [6.45, 7) is 5.59. The molecule has 1 atom stereocenters. The number of nitrogens with one attached hydrogen (secondary N) is 1. The van der Waals surface area contributed by atoms with Crippen molar-refractivity contribution in [3.05, 3.63) is 62.8 Å². The molecule has 3 rings (SSSR count). The Bertz CT molecular complexity index is 1140. The molecule has 0 fully saturated rings. The lowest BCUT2D eigenvalue weighted by Gasteiger charge is -2.14. The van der Waals surface area contributed by atoms with Crippen LogP contribution in [0.5, 0.6) is 0 Å². The first-order chi connectivity index (χ1) is 14.3. The molecule has 0 spiro atoms. The van der Waals surface area contributed by atoms with E-state index in [0.717, 1.165) is 16.0 Å². The van der Waals surface area contributed by atoms with Crippen molar-refractivity contribution in [2.45, 2.75) is 46.4 Å². The number of rotatable bonds is 7. The number of carbonyl (C=O) groups excluding carboxylic acids is 2. The third kappa shape index (κ3) is 4.91. The topological polar surface area (TPSA) is 90.3 Å². The summed E-state index contributed by atoms with van der Waals surface area (Å²) < 4.78 is 19.4. The molecular formula is C21H22FN3O4S. The maximum Gasteiger partial charge on any atom is 0.308 e. The fraction of sp³-hybridized carbons (Fsp3) is 0.333. The molecule has 9 heteroatoms. The van der Waals surface area contributed by atoms with Gasteiger partial charge in [-0.05, 0) is 44.0 Å². The second-order valence-corrected chi connectivity index (χ2v) is 8.14. The van der Waals surface area contributed by atoms with Crippen LogP contribution in [0.3, 0.4) is 0 Å². The lowest BCUT2D eigenvalue weighted by molar-refractivity contribution is -0.155. The third-order valence-electron chi connectivity index (χ3n) is 4.77. The Balaban J connectivity index is 1.52. The van der Waals surface area contributed by atoms with E-state index < -0.39 is 18.0 Å². The summed E-state index contributed by atoms with van der Waals surface area (Å²) >= 11 is 1.46. The summed E-state index contributed by atoms with van der Waals surface area (Å²) in [6.07, 6.45) is 0.369. The number of aryl methyl sites for hydroxylation is 3. The molecule has 158 valence electrons. The fourth-order valence-corrected chi connectivity index (χ4v) is 3.87. The van der Waals surface area contributed by atoms with E-state index in [4.69, 9.17) is 4.74 Å². The molecule has 0 aliphatic carbocycles. The van der Waals surface area contributed by atoms with Crippen molar-refractivity contribution in [1.29, 1.82) is 0 Å². The molecule has 3 aromatic rings. The van der Waals surface area contributed by atoms with Gasteiger partial charge in [-0.25, -0.2) is 9.37 Å². The first kappa shape index (κ1) is 21.6. The molecule has 0 saturated carbocycles. The Morgan fingerprint density at radius 2 is 1.97 bits per heavy atom. The van der Waals surface area contributed by atoms with Crippen LogP contribution < -0.4 is 10.9 Å². The molecule has 1 N–H and O–H groups in total. The Kier molecular flexibility index (Phi) is 6.61. The molecule has 0 aliphatic heterocycles. The average molecular weight is 431 g/mol. The first-order valence-electron chi connectivity index (χ1n) is 9.43. The van der Waals surface area contributed by atoms with E-state index in [-0.39, 0.29) is 30.9 Å². The van der Waals surface area contributed by atoms with E-state index in [1.54, 1.807) is 12.1 Å². The molecule has 0 aliphatic rings. The quantitative estimate of drug-likeness (QED) is 0.581. The molecule has 1 unspecified atom stereocenters. The van der Waals surface area contributed by atoms with Crippen molar-refractivity contribution < 1.29 is 18.7 Å². The van der Waals surface area contributed by atoms with Crippen molar-refractivity contribution in [1.82, 2.24) is 14.9 Å². The van der Waals surface area contributed by atoms with Crippen LogP contribution in [0.15, 0.2) is 35.4 Å². The summed E-state index contributed by atoms with van der Waals surface area (Å²) in [5.41, 5.74) is 1.43. The van der Waals surface area contributed by atoms with Crippen molar-refractivity contribution in [3.63, 3.8) is 0 Å². The smallest absolute Gasteiger partial charge is 0.308 e. The minimum Gasteiger partial charge on any atom is -0.452 e. The van der Waals surface area contributed by atoms with E-state index in [1.165, 1.54) is 41.3 Å². The second-order valence-electron chi connectivity index (χ2n) is 6.93. The Hall–Kier alpha value is -3.07. The summed E-state index contributed by atoms with van der Waals surface area (Å²) in [5.74, 6) is -1.41. The SMILES string of the molecule is Cc1sc2ncn(CCC(=O)OC(C)C(=O)NCc3ccc(F)cc3)c(=O)c2c1C. The van der Waals surface area contributed by atoms with Gasteiger partial charge in [0.05, 0.1) is 18.1 Å². The van der Waals surface area contributed by atoms with E-state index in [1.807, 2.05) is 13.8 Å². The number of fused-ring (bicyclic) bond motifs is 1. The summed E-state index contributed by atoms with van der Waals surface area (Å²) in [7, 11) is 0. The predicted molar refractivity (Wildman–Crippen MR) is 112 cm³/mol. The zero-order valence-corrected chi connectivity index (χ0v) is 17.7. The highest BCUT2D eigenvalue weighted by Crippen LogP contribution is 2.25. The van der Waals surface area contributed by atoms with Crippen LogP contribution >= 0.6 is 11.3 Å². The van der Waals surface area contributed by atoms with Crippen LogP contribution in [0.25, 0.3) is 10.2 Å². The van der Waals surface area contributed by atoms with Gasteiger partial charge in [0.25, 0.3) is 11.5 Å². The van der Waals surface area contributed by atoms with Gasteiger partial charge < -0.3 is 10.1 Å². The molecule has 1 aromatic carbocycles. The minimum atomic E-state index is -0.989. The second kappa shape index (κ2) is 9.17. The predicted octanol–water partition coefficient (Wildman–Crippen LogP) is 2.85. The zero-order chi connectivity index (χ0) is 21.8. The summed E-state index contributed by atoms with van der Waals surface area (Å²) in [6, 6.07) is 5.73. The number of aromatic nitrogens is 2.